The van der Waals surface area contributed by atoms with Gasteiger partial charge in [0.1, 0.15) is 11.2 Å². The molecule has 0 amide bonds. The van der Waals surface area contributed by atoms with Crippen LogP contribution in [0.25, 0.3) is 154 Å². The molecule has 0 spiro atoms. The molecule has 12 aromatic carbocycles. The van der Waals surface area contributed by atoms with Gasteiger partial charge in [-0.1, -0.05) is 218 Å². The first-order valence-electron chi connectivity index (χ1n) is 23.6. The monoisotopic (exact) mass is 874 g/mol. The van der Waals surface area contributed by atoms with Gasteiger partial charge >= 0.3 is 0 Å². The van der Waals surface area contributed by atoms with Crippen LogP contribution >= 0.6 is 0 Å². The van der Waals surface area contributed by atoms with Gasteiger partial charge in [0.25, 0.3) is 0 Å². The Bertz CT molecular complexity index is 4380. The Kier molecular flexibility index (Phi) is 8.07. The smallest absolute Gasteiger partial charge is 0.143 e. The maximum atomic E-state index is 6.68. The summed E-state index contributed by atoms with van der Waals surface area (Å²) in [6, 6.07) is 83.3. The van der Waals surface area contributed by atoms with E-state index in [2.05, 4.69) is 224 Å². The lowest BCUT2D eigenvalue weighted by Gasteiger charge is -2.21. The second kappa shape index (κ2) is 14.7. The Balaban J connectivity index is 1.03. The Morgan fingerprint density at radius 3 is 1.48 bits per heavy atom. The minimum Gasteiger partial charge on any atom is -0.455 e. The molecular formula is C66H38N2O. The molecule has 14 aromatic rings. The lowest BCUT2D eigenvalue weighted by molar-refractivity contribution is 0.670. The van der Waals surface area contributed by atoms with Crippen LogP contribution in [-0.4, -0.2) is 9.97 Å². The summed E-state index contributed by atoms with van der Waals surface area (Å²) < 4.78 is 6.68. The number of hydrogen-bond donors (Lipinski definition) is 0. The van der Waals surface area contributed by atoms with Crippen LogP contribution < -0.4 is 0 Å². The van der Waals surface area contributed by atoms with E-state index in [1.54, 1.807) is 0 Å². The molecule has 0 unspecified atom stereocenters. The summed E-state index contributed by atoms with van der Waals surface area (Å²) in [5.74, 6) is 0. The molecule has 318 valence electrons. The van der Waals surface area contributed by atoms with Crippen molar-refractivity contribution in [1.82, 2.24) is 9.97 Å². The zero-order valence-corrected chi connectivity index (χ0v) is 37.2. The van der Waals surface area contributed by atoms with Crippen LogP contribution in [0.4, 0.5) is 0 Å². The van der Waals surface area contributed by atoms with Crippen LogP contribution in [-0.2, 0) is 0 Å². The van der Waals surface area contributed by atoms with Gasteiger partial charge in [0.15, 0.2) is 0 Å². The van der Waals surface area contributed by atoms with E-state index in [1.807, 2.05) is 6.07 Å². The maximum Gasteiger partial charge on any atom is 0.143 e. The normalized spacial score (nSPS) is 12.1. The summed E-state index contributed by atoms with van der Waals surface area (Å²) >= 11 is 0. The van der Waals surface area contributed by atoms with E-state index < -0.39 is 0 Å². The van der Waals surface area contributed by atoms with Crippen LogP contribution in [0.3, 0.4) is 0 Å². The summed E-state index contributed by atoms with van der Waals surface area (Å²) in [6.07, 6.45) is 0. The summed E-state index contributed by atoms with van der Waals surface area (Å²) in [5.41, 5.74) is 19.0. The van der Waals surface area contributed by atoms with Crippen molar-refractivity contribution in [2.24, 2.45) is 0 Å². The van der Waals surface area contributed by atoms with Crippen molar-refractivity contribution in [3.8, 4) is 78.1 Å². The van der Waals surface area contributed by atoms with E-state index in [9.17, 15) is 0 Å². The fraction of sp³-hybridized carbons (Fsp3) is 0. The van der Waals surface area contributed by atoms with E-state index in [0.29, 0.717) is 0 Å². The van der Waals surface area contributed by atoms with E-state index >= 15 is 0 Å². The van der Waals surface area contributed by atoms with Crippen LogP contribution in [0, 0.1) is 0 Å². The van der Waals surface area contributed by atoms with Crippen molar-refractivity contribution in [3.63, 3.8) is 0 Å². The number of para-hydroxylation sites is 2. The highest BCUT2D eigenvalue weighted by Gasteiger charge is 2.29. The van der Waals surface area contributed by atoms with Gasteiger partial charge in [-0.3, -0.25) is 0 Å². The third-order valence-electron chi connectivity index (χ3n) is 14.6. The largest absolute Gasteiger partial charge is 0.455 e. The molecule has 0 saturated carbocycles. The summed E-state index contributed by atoms with van der Waals surface area (Å²) in [5, 5.41) is 11.8. The third-order valence-corrected chi connectivity index (χ3v) is 14.6. The maximum absolute atomic E-state index is 6.68. The molecule has 0 atom stereocenters. The van der Waals surface area contributed by atoms with Crippen molar-refractivity contribution in [3.05, 3.63) is 231 Å². The van der Waals surface area contributed by atoms with E-state index in [-0.39, 0.29) is 0 Å². The van der Waals surface area contributed by atoms with Crippen molar-refractivity contribution < 1.29 is 4.42 Å². The second-order valence-corrected chi connectivity index (χ2v) is 18.3. The molecule has 3 heteroatoms. The predicted molar refractivity (Wildman–Crippen MR) is 288 cm³/mol. The number of fused-ring (bicyclic) bond motifs is 10. The van der Waals surface area contributed by atoms with Crippen LogP contribution in [0.1, 0.15) is 0 Å². The average molecular weight is 875 g/mol. The van der Waals surface area contributed by atoms with Crippen molar-refractivity contribution in [2.45, 2.75) is 0 Å². The van der Waals surface area contributed by atoms with Gasteiger partial charge < -0.3 is 4.42 Å². The molecule has 0 N–H and O–H groups in total. The number of rotatable bonds is 5. The van der Waals surface area contributed by atoms with Crippen LogP contribution in [0.15, 0.2) is 235 Å². The van der Waals surface area contributed by atoms with Crippen LogP contribution in [0.2, 0.25) is 0 Å². The number of furan rings is 1. The predicted octanol–water partition coefficient (Wildman–Crippen LogP) is 18.1. The quantitative estimate of drug-likeness (QED) is 0.162. The highest BCUT2D eigenvalue weighted by atomic mass is 16.3. The Labute approximate surface area is 397 Å². The molecule has 15 rings (SSSR count). The molecule has 3 nitrogen and oxygen atoms in total. The highest BCUT2D eigenvalue weighted by molar-refractivity contribution is 6.28. The minimum absolute atomic E-state index is 0.893. The Morgan fingerprint density at radius 1 is 0.275 bits per heavy atom. The van der Waals surface area contributed by atoms with Gasteiger partial charge in [0, 0.05) is 44.0 Å². The SMILES string of the molecule is c1ccc(-c2ccc(-c3ccccc3)c3nc4c(nc23)-c2cccc3c(-c5c6ccccc6c(-c6cccc7ccccc67)c6ccc(-c7cccc8c7oc7ccccc78)cc56)ccc-4c23)cc1. The van der Waals surface area contributed by atoms with E-state index in [1.165, 1.54) is 65.3 Å². The molecule has 1 aliphatic rings. The lowest BCUT2D eigenvalue weighted by Crippen LogP contribution is -1.95. The third kappa shape index (κ3) is 5.56. The number of aromatic nitrogens is 2. The fourth-order valence-electron chi connectivity index (χ4n) is 11.6. The molecule has 2 heterocycles. The van der Waals surface area contributed by atoms with E-state index in [4.69, 9.17) is 14.4 Å². The van der Waals surface area contributed by atoms with Gasteiger partial charge in [-0.25, -0.2) is 9.97 Å². The van der Waals surface area contributed by atoms with Gasteiger partial charge in [-0.2, -0.15) is 0 Å². The molecule has 0 aliphatic heterocycles. The van der Waals surface area contributed by atoms with Gasteiger partial charge in [0.05, 0.1) is 22.4 Å². The Hall–Kier alpha value is -9.18. The van der Waals surface area contributed by atoms with Gasteiger partial charge in [-0.15, -0.1) is 0 Å². The summed E-state index contributed by atoms with van der Waals surface area (Å²) in [7, 11) is 0. The first-order chi connectivity index (χ1) is 34.2. The standard InChI is InChI=1S/C66H38N2O/c1-3-16-40(17-4-1)44-34-35-45(41-18-5-2-6-19-41)63-62(44)67-64-55-30-15-28-51-52(36-37-56(61(51)55)65(64)68-63)60-50-25-10-9-24-49(50)59(48-27-13-21-39-20-7-8-22-43(39)48)53-33-32-42(38-57(53)60)46-26-14-29-54-47-23-11-12-31-58(47)69-66(46)54/h1-38H. The van der Waals surface area contributed by atoms with Gasteiger partial charge in [0.2, 0.25) is 0 Å². The molecule has 0 radical (unpaired) electrons. The zero-order valence-electron chi connectivity index (χ0n) is 37.2. The first-order valence-corrected chi connectivity index (χ1v) is 23.6. The first kappa shape index (κ1) is 38.0. The van der Waals surface area contributed by atoms with E-state index in [0.717, 1.165) is 88.9 Å². The zero-order chi connectivity index (χ0) is 45.2. The second-order valence-electron chi connectivity index (χ2n) is 18.3. The highest BCUT2D eigenvalue weighted by Crippen LogP contribution is 2.53. The van der Waals surface area contributed by atoms with Gasteiger partial charge in [-0.05, 0) is 88.8 Å². The average Bonchev–Trinajstić information content (AvgIpc) is 3.96. The molecule has 1 aliphatic carbocycles. The summed E-state index contributed by atoms with van der Waals surface area (Å²) in [4.78, 5) is 11.3. The molecule has 0 bridgehead atoms. The number of benzene rings is 12. The molecule has 2 aromatic heterocycles. The van der Waals surface area contributed by atoms with Crippen LogP contribution in [0.5, 0.6) is 0 Å². The lowest BCUT2D eigenvalue weighted by atomic mass is 9.82. The molecule has 0 saturated heterocycles. The van der Waals surface area contributed by atoms with Crippen molar-refractivity contribution >= 4 is 76.1 Å². The number of hydrogen-bond acceptors (Lipinski definition) is 3. The Morgan fingerprint density at radius 2 is 0.754 bits per heavy atom. The molecular weight excluding hydrogens is 837 g/mol. The topological polar surface area (TPSA) is 38.9 Å². The summed E-state index contributed by atoms with van der Waals surface area (Å²) in [6.45, 7) is 0. The molecule has 69 heavy (non-hydrogen) atoms. The fourth-order valence-corrected chi connectivity index (χ4v) is 11.6. The minimum atomic E-state index is 0.893. The number of nitrogens with zero attached hydrogens (tertiary/aromatic N) is 2. The van der Waals surface area contributed by atoms with Crippen molar-refractivity contribution in [1.29, 1.82) is 0 Å². The molecule has 0 fully saturated rings. The van der Waals surface area contributed by atoms with Crippen molar-refractivity contribution in [2.75, 3.05) is 0 Å².